The van der Waals surface area contributed by atoms with Crippen LogP contribution in [-0.2, 0) is 25.8 Å². The predicted octanol–water partition coefficient (Wildman–Crippen LogP) is 1.65. The van der Waals surface area contributed by atoms with Gasteiger partial charge >= 0.3 is 5.97 Å². The molecule has 0 spiro atoms. The Hall–Kier alpha value is -1.92. The van der Waals surface area contributed by atoms with Crippen LogP contribution >= 0.6 is 0 Å². The van der Waals surface area contributed by atoms with Crippen LogP contribution in [0.5, 0.6) is 0 Å². The minimum Gasteiger partial charge on any atom is -0.459 e. The second-order valence-corrected chi connectivity index (χ2v) is 6.58. The third-order valence-corrected chi connectivity index (χ3v) is 3.27. The van der Waals surface area contributed by atoms with Gasteiger partial charge in [-0.3, -0.25) is 14.4 Å². The molecule has 0 radical (unpaired) electrons. The summed E-state index contributed by atoms with van der Waals surface area (Å²) in [5, 5.41) is 4.41. The third kappa shape index (κ3) is 6.00. The number of carbonyl (C=O) groups is 2. The summed E-state index contributed by atoms with van der Waals surface area (Å²) in [5.41, 5.74) is 0.500. The van der Waals surface area contributed by atoms with E-state index in [0.29, 0.717) is 19.6 Å². The van der Waals surface area contributed by atoms with Gasteiger partial charge in [-0.05, 0) is 26.3 Å². The lowest BCUT2D eigenvalue weighted by atomic mass is 10.2. The third-order valence-electron chi connectivity index (χ3n) is 3.27. The van der Waals surface area contributed by atoms with Crippen LogP contribution in [0.3, 0.4) is 0 Å². The van der Waals surface area contributed by atoms with Crippen molar-refractivity contribution in [3.63, 3.8) is 0 Å². The van der Waals surface area contributed by atoms with Crippen LogP contribution in [0.1, 0.15) is 32.8 Å². The topological polar surface area (TPSA) is 67.9 Å². The Kier molecular flexibility index (Phi) is 5.74. The van der Waals surface area contributed by atoms with E-state index < -0.39 is 5.60 Å². The lowest BCUT2D eigenvalue weighted by Crippen LogP contribution is -2.38. The van der Waals surface area contributed by atoms with Crippen LogP contribution in [0.15, 0.2) is 30.3 Å². The van der Waals surface area contributed by atoms with Crippen molar-refractivity contribution in [1.29, 1.82) is 0 Å². The van der Waals surface area contributed by atoms with Gasteiger partial charge < -0.3 is 10.1 Å². The highest BCUT2D eigenvalue weighted by atomic mass is 16.7. The Balaban J connectivity index is 1.73. The van der Waals surface area contributed by atoms with Gasteiger partial charge in [0, 0.05) is 12.5 Å². The second-order valence-electron chi connectivity index (χ2n) is 6.58. The maximum absolute atomic E-state index is 11.9. The molecule has 126 valence electrons. The summed E-state index contributed by atoms with van der Waals surface area (Å²) in [5.74, 6) is -0.406. The van der Waals surface area contributed by atoms with Gasteiger partial charge in [0.2, 0.25) is 5.91 Å². The molecule has 0 aliphatic carbocycles. The number of nitrogens with zero attached hydrogens (tertiary/aromatic N) is 1. The van der Waals surface area contributed by atoms with Crippen molar-refractivity contribution in [2.75, 3.05) is 13.1 Å². The van der Waals surface area contributed by atoms with E-state index in [-0.39, 0.29) is 24.5 Å². The highest BCUT2D eigenvalue weighted by Gasteiger charge is 2.31. The fourth-order valence-electron chi connectivity index (χ4n) is 2.27. The SMILES string of the molecule is CC(C)(C)OC(=O)CNC1CC(=O)N(OCc2ccccc2)C1. The minimum atomic E-state index is -0.505. The van der Waals surface area contributed by atoms with Crippen molar-refractivity contribution in [1.82, 2.24) is 10.4 Å². The quantitative estimate of drug-likeness (QED) is 0.807. The number of rotatable bonds is 6. The lowest BCUT2D eigenvalue weighted by Gasteiger charge is -2.20. The molecule has 1 fully saturated rings. The number of carbonyl (C=O) groups excluding carboxylic acids is 2. The second kappa shape index (κ2) is 7.57. The Morgan fingerprint density at radius 1 is 1.30 bits per heavy atom. The zero-order valence-corrected chi connectivity index (χ0v) is 13.9. The van der Waals surface area contributed by atoms with Crippen LogP contribution in [0.2, 0.25) is 0 Å². The van der Waals surface area contributed by atoms with E-state index >= 15 is 0 Å². The van der Waals surface area contributed by atoms with E-state index in [2.05, 4.69) is 5.32 Å². The van der Waals surface area contributed by atoms with E-state index in [0.717, 1.165) is 5.56 Å². The molecule has 1 aromatic rings. The normalized spacial score (nSPS) is 18.3. The van der Waals surface area contributed by atoms with E-state index in [1.807, 2.05) is 51.1 Å². The molecule has 1 unspecified atom stereocenters. The molecule has 1 N–H and O–H groups in total. The zero-order chi connectivity index (χ0) is 16.9. The Morgan fingerprint density at radius 3 is 2.65 bits per heavy atom. The van der Waals surface area contributed by atoms with Crippen molar-refractivity contribution in [3.8, 4) is 0 Å². The van der Waals surface area contributed by atoms with E-state index in [1.165, 1.54) is 5.06 Å². The summed E-state index contributed by atoms with van der Waals surface area (Å²) in [4.78, 5) is 29.1. The van der Waals surface area contributed by atoms with Gasteiger partial charge in [0.25, 0.3) is 0 Å². The van der Waals surface area contributed by atoms with Gasteiger partial charge in [-0.15, -0.1) is 0 Å². The molecule has 23 heavy (non-hydrogen) atoms. The van der Waals surface area contributed by atoms with E-state index in [1.54, 1.807) is 0 Å². The first-order chi connectivity index (χ1) is 10.8. The fourth-order valence-corrected chi connectivity index (χ4v) is 2.27. The Labute approximate surface area is 136 Å². The van der Waals surface area contributed by atoms with Crippen LogP contribution < -0.4 is 5.32 Å². The molecule has 6 heteroatoms. The Bertz CT molecular complexity index is 539. The molecule has 2 rings (SSSR count). The maximum atomic E-state index is 11.9. The highest BCUT2D eigenvalue weighted by Crippen LogP contribution is 2.14. The summed E-state index contributed by atoms with van der Waals surface area (Å²) in [7, 11) is 0. The van der Waals surface area contributed by atoms with Gasteiger partial charge in [-0.1, -0.05) is 30.3 Å². The lowest BCUT2D eigenvalue weighted by molar-refractivity contribution is -0.182. The summed E-state index contributed by atoms with van der Waals surface area (Å²) >= 11 is 0. The standard InChI is InChI=1S/C17H24N2O4/c1-17(2,3)23-16(21)10-18-14-9-15(20)19(11-14)22-12-13-7-5-4-6-8-13/h4-8,14,18H,9-12H2,1-3H3. The first kappa shape index (κ1) is 17.4. The van der Waals surface area contributed by atoms with Crippen LogP contribution in [0.4, 0.5) is 0 Å². The van der Waals surface area contributed by atoms with Gasteiger partial charge in [-0.2, -0.15) is 0 Å². The summed E-state index contributed by atoms with van der Waals surface area (Å²) in [6.07, 6.45) is 0.317. The molecule has 0 aromatic heterocycles. The van der Waals surface area contributed by atoms with Crippen LogP contribution in [0.25, 0.3) is 0 Å². The first-order valence-electron chi connectivity index (χ1n) is 7.76. The van der Waals surface area contributed by atoms with Crippen molar-refractivity contribution in [2.45, 2.75) is 45.4 Å². The molecule has 0 bridgehead atoms. The molecule has 1 heterocycles. The van der Waals surface area contributed by atoms with E-state index in [4.69, 9.17) is 9.57 Å². The smallest absolute Gasteiger partial charge is 0.320 e. The number of esters is 1. The molecule has 1 saturated heterocycles. The molecule has 1 atom stereocenters. The highest BCUT2D eigenvalue weighted by molar-refractivity contribution is 5.78. The summed E-state index contributed by atoms with van der Waals surface area (Å²) < 4.78 is 5.23. The number of hydrogen-bond acceptors (Lipinski definition) is 5. The zero-order valence-electron chi connectivity index (χ0n) is 13.9. The minimum absolute atomic E-state index is 0.0809. The van der Waals surface area contributed by atoms with Crippen molar-refractivity contribution in [2.24, 2.45) is 0 Å². The molecular formula is C17H24N2O4. The number of amides is 1. The molecular weight excluding hydrogens is 296 g/mol. The summed E-state index contributed by atoms with van der Waals surface area (Å²) in [6.45, 7) is 6.33. The fraction of sp³-hybridized carbons (Fsp3) is 0.529. The predicted molar refractivity (Wildman–Crippen MR) is 85.2 cm³/mol. The number of benzene rings is 1. The van der Waals surface area contributed by atoms with Crippen LogP contribution in [-0.4, -0.2) is 41.7 Å². The average molecular weight is 320 g/mol. The largest absolute Gasteiger partial charge is 0.459 e. The molecule has 6 nitrogen and oxygen atoms in total. The van der Waals surface area contributed by atoms with Gasteiger partial charge in [0.1, 0.15) is 12.2 Å². The molecule has 1 aromatic carbocycles. The Morgan fingerprint density at radius 2 is 2.00 bits per heavy atom. The van der Waals surface area contributed by atoms with Crippen molar-refractivity contribution >= 4 is 11.9 Å². The molecule has 0 saturated carbocycles. The van der Waals surface area contributed by atoms with Crippen molar-refractivity contribution in [3.05, 3.63) is 35.9 Å². The average Bonchev–Trinajstić information content (AvgIpc) is 2.83. The monoisotopic (exact) mass is 320 g/mol. The summed E-state index contributed by atoms with van der Waals surface area (Å²) in [6, 6.07) is 9.56. The number of nitrogens with one attached hydrogen (secondary N) is 1. The van der Waals surface area contributed by atoms with Gasteiger partial charge in [0.15, 0.2) is 0 Å². The number of hydrogen-bond donors (Lipinski definition) is 1. The molecule has 1 aliphatic heterocycles. The number of ether oxygens (including phenoxy) is 1. The number of hydroxylamine groups is 2. The molecule has 1 amide bonds. The van der Waals surface area contributed by atoms with Gasteiger partial charge in [-0.25, -0.2) is 5.06 Å². The van der Waals surface area contributed by atoms with Gasteiger partial charge in [0.05, 0.1) is 13.1 Å². The van der Waals surface area contributed by atoms with Crippen molar-refractivity contribution < 1.29 is 19.2 Å². The molecule has 1 aliphatic rings. The van der Waals surface area contributed by atoms with Crippen LogP contribution in [0, 0.1) is 0 Å². The maximum Gasteiger partial charge on any atom is 0.320 e. The van der Waals surface area contributed by atoms with E-state index in [9.17, 15) is 9.59 Å². The first-order valence-corrected chi connectivity index (χ1v) is 7.76.